The number of rotatable bonds is 5. The highest BCUT2D eigenvalue weighted by Gasteiger charge is 2.29. The molecular formula is C9H19N3O4S. The van der Waals surface area contributed by atoms with Crippen LogP contribution in [-0.4, -0.2) is 69.4 Å². The average Bonchev–Trinajstić information content (AvgIpc) is 2.30. The van der Waals surface area contributed by atoms with Crippen molar-refractivity contribution < 1.29 is 17.9 Å². The maximum atomic E-state index is 12.0. The van der Waals surface area contributed by atoms with Crippen molar-refractivity contribution in [1.82, 2.24) is 13.9 Å². The number of ether oxygens (including phenoxy) is 1. The fraction of sp³-hybridized carbons (Fsp3) is 0.889. The van der Waals surface area contributed by atoms with E-state index in [2.05, 4.69) is 5.32 Å². The van der Waals surface area contributed by atoms with Crippen LogP contribution in [0.25, 0.3) is 0 Å². The Bertz CT molecular complexity index is 351. The highest BCUT2D eigenvalue weighted by atomic mass is 32.2. The lowest BCUT2D eigenvalue weighted by atomic mass is 10.4. The summed E-state index contributed by atoms with van der Waals surface area (Å²) >= 11 is 0. The summed E-state index contributed by atoms with van der Waals surface area (Å²) in [5.41, 5.74) is 0. The minimum absolute atomic E-state index is 0.250. The molecule has 0 aromatic rings. The van der Waals surface area contributed by atoms with Crippen LogP contribution in [0.3, 0.4) is 0 Å². The summed E-state index contributed by atoms with van der Waals surface area (Å²) in [6.45, 7) is 3.80. The second-order valence-corrected chi connectivity index (χ2v) is 5.75. The number of likely N-dealkylation sites (N-methyl/N-ethyl adjacent to an activating group) is 1. The Balaban J connectivity index is 2.59. The van der Waals surface area contributed by atoms with E-state index >= 15 is 0 Å². The molecule has 0 atom stereocenters. The number of nitrogens with zero attached hydrogens (tertiary/aromatic N) is 2. The molecule has 0 aromatic heterocycles. The molecule has 1 saturated heterocycles. The monoisotopic (exact) mass is 265 g/mol. The summed E-state index contributed by atoms with van der Waals surface area (Å²) in [6, 6.07) is 0. The van der Waals surface area contributed by atoms with Gasteiger partial charge in [-0.25, -0.2) is 0 Å². The second-order valence-electron chi connectivity index (χ2n) is 3.72. The molecule has 1 aliphatic rings. The summed E-state index contributed by atoms with van der Waals surface area (Å²) in [5.74, 6) is -0.534. The van der Waals surface area contributed by atoms with Gasteiger partial charge in [-0.3, -0.25) is 4.79 Å². The van der Waals surface area contributed by atoms with Crippen LogP contribution in [0.5, 0.6) is 0 Å². The molecule has 1 aliphatic heterocycles. The molecule has 0 unspecified atom stereocenters. The molecular weight excluding hydrogens is 246 g/mol. The average molecular weight is 265 g/mol. The van der Waals surface area contributed by atoms with Gasteiger partial charge in [0.05, 0.1) is 6.61 Å². The van der Waals surface area contributed by atoms with Crippen molar-refractivity contribution in [2.24, 2.45) is 0 Å². The van der Waals surface area contributed by atoms with Gasteiger partial charge in [-0.1, -0.05) is 0 Å². The number of hydrogen-bond acceptors (Lipinski definition) is 5. The SMILES string of the molecule is CCOC(=O)CN(C)S(=O)(=O)N1CCNCC1. The smallest absolute Gasteiger partial charge is 0.321 e. The number of piperazine rings is 1. The summed E-state index contributed by atoms with van der Waals surface area (Å²) in [5, 5.41) is 3.07. The van der Waals surface area contributed by atoms with Crippen molar-refractivity contribution in [3.63, 3.8) is 0 Å². The Morgan fingerprint density at radius 1 is 1.41 bits per heavy atom. The third-order valence-corrected chi connectivity index (χ3v) is 4.39. The van der Waals surface area contributed by atoms with E-state index in [0.29, 0.717) is 26.2 Å². The molecule has 1 heterocycles. The first-order valence-corrected chi connectivity index (χ1v) is 6.96. The molecule has 0 aromatic carbocycles. The molecule has 0 aliphatic carbocycles. The standard InChI is InChI=1S/C9H19N3O4S/c1-3-16-9(13)8-11(2)17(14,15)12-6-4-10-5-7-12/h10H,3-8H2,1-2H3. The molecule has 0 saturated carbocycles. The quantitative estimate of drug-likeness (QED) is 0.621. The Morgan fingerprint density at radius 3 is 2.53 bits per heavy atom. The van der Waals surface area contributed by atoms with Crippen LogP contribution >= 0.6 is 0 Å². The third kappa shape index (κ3) is 3.91. The van der Waals surface area contributed by atoms with E-state index in [1.807, 2.05) is 0 Å². The largest absolute Gasteiger partial charge is 0.465 e. The Labute approximate surface area is 102 Å². The number of carbonyl (C=O) groups is 1. The highest BCUT2D eigenvalue weighted by molar-refractivity contribution is 7.86. The van der Waals surface area contributed by atoms with E-state index in [-0.39, 0.29) is 13.2 Å². The fourth-order valence-corrected chi connectivity index (χ4v) is 2.85. The van der Waals surface area contributed by atoms with E-state index in [1.165, 1.54) is 11.4 Å². The third-order valence-electron chi connectivity index (χ3n) is 2.45. The molecule has 0 amide bonds. The predicted molar refractivity (Wildman–Crippen MR) is 62.6 cm³/mol. The van der Waals surface area contributed by atoms with Gasteiger partial charge < -0.3 is 10.1 Å². The summed E-state index contributed by atoms with van der Waals surface area (Å²) in [7, 11) is -2.17. The molecule has 7 nitrogen and oxygen atoms in total. The molecule has 1 N–H and O–H groups in total. The van der Waals surface area contributed by atoms with Gasteiger partial charge in [-0.05, 0) is 6.92 Å². The van der Waals surface area contributed by atoms with Gasteiger partial charge in [0, 0.05) is 33.2 Å². The van der Waals surface area contributed by atoms with Gasteiger partial charge in [0.25, 0.3) is 10.2 Å². The molecule has 0 bridgehead atoms. The molecule has 0 spiro atoms. The van der Waals surface area contributed by atoms with Crippen LogP contribution in [0, 0.1) is 0 Å². The number of esters is 1. The number of hydrogen-bond donors (Lipinski definition) is 1. The van der Waals surface area contributed by atoms with E-state index in [4.69, 9.17) is 4.74 Å². The van der Waals surface area contributed by atoms with Gasteiger partial charge in [0.1, 0.15) is 6.54 Å². The van der Waals surface area contributed by atoms with Crippen LogP contribution in [0.1, 0.15) is 6.92 Å². The highest BCUT2D eigenvalue weighted by Crippen LogP contribution is 2.07. The maximum absolute atomic E-state index is 12.0. The zero-order valence-corrected chi connectivity index (χ0v) is 11.0. The van der Waals surface area contributed by atoms with Gasteiger partial charge in [-0.2, -0.15) is 17.0 Å². The first kappa shape index (κ1) is 14.4. The van der Waals surface area contributed by atoms with E-state index in [9.17, 15) is 13.2 Å². The molecule has 8 heteroatoms. The summed E-state index contributed by atoms with van der Waals surface area (Å²) < 4.78 is 31.2. The molecule has 0 radical (unpaired) electrons. The van der Waals surface area contributed by atoms with Crippen molar-refractivity contribution in [3.8, 4) is 0 Å². The lowest BCUT2D eigenvalue weighted by Crippen LogP contribution is -2.51. The first-order chi connectivity index (χ1) is 7.98. The summed E-state index contributed by atoms with van der Waals surface area (Å²) in [4.78, 5) is 11.2. The van der Waals surface area contributed by atoms with Crippen LogP contribution in [-0.2, 0) is 19.7 Å². The van der Waals surface area contributed by atoms with Crippen molar-refractivity contribution in [3.05, 3.63) is 0 Å². The van der Waals surface area contributed by atoms with Gasteiger partial charge in [0.2, 0.25) is 0 Å². The van der Waals surface area contributed by atoms with Gasteiger partial charge in [-0.15, -0.1) is 0 Å². The van der Waals surface area contributed by atoms with Crippen LogP contribution in [0.15, 0.2) is 0 Å². The number of nitrogens with one attached hydrogen (secondary N) is 1. The van der Waals surface area contributed by atoms with Crippen molar-refractivity contribution in [2.75, 3.05) is 46.4 Å². The van der Waals surface area contributed by atoms with Crippen LogP contribution in [0.2, 0.25) is 0 Å². The van der Waals surface area contributed by atoms with Gasteiger partial charge >= 0.3 is 5.97 Å². The first-order valence-electron chi connectivity index (χ1n) is 5.56. The second kappa shape index (κ2) is 6.29. The molecule has 17 heavy (non-hydrogen) atoms. The van der Waals surface area contributed by atoms with Gasteiger partial charge in [0.15, 0.2) is 0 Å². The zero-order valence-electron chi connectivity index (χ0n) is 10.2. The molecule has 100 valence electrons. The lowest BCUT2D eigenvalue weighted by Gasteiger charge is -2.30. The van der Waals surface area contributed by atoms with E-state index in [1.54, 1.807) is 6.92 Å². The Hall–Kier alpha value is -0.700. The normalized spacial score (nSPS) is 18.3. The molecule has 1 fully saturated rings. The zero-order chi connectivity index (χ0) is 12.9. The van der Waals surface area contributed by atoms with E-state index < -0.39 is 16.2 Å². The van der Waals surface area contributed by atoms with E-state index in [0.717, 1.165) is 4.31 Å². The minimum atomic E-state index is -3.55. The fourth-order valence-electron chi connectivity index (χ4n) is 1.54. The maximum Gasteiger partial charge on any atom is 0.321 e. The predicted octanol–water partition coefficient (Wildman–Crippen LogP) is -1.37. The minimum Gasteiger partial charge on any atom is -0.465 e. The number of carbonyl (C=O) groups excluding carboxylic acids is 1. The summed E-state index contributed by atoms with van der Waals surface area (Å²) in [6.07, 6.45) is 0. The Kier molecular flexibility index (Phi) is 5.31. The topological polar surface area (TPSA) is 79.0 Å². The Morgan fingerprint density at radius 2 is 2.00 bits per heavy atom. The lowest BCUT2D eigenvalue weighted by molar-refractivity contribution is -0.143. The van der Waals surface area contributed by atoms with Crippen LogP contribution < -0.4 is 5.32 Å². The molecule has 1 rings (SSSR count). The van der Waals surface area contributed by atoms with Crippen molar-refractivity contribution >= 4 is 16.2 Å². The van der Waals surface area contributed by atoms with Crippen molar-refractivity contribution in [2.45, 2.75) is 6.92 Å². The van der Waals surface area contributed by atoms with Crippen LogP contribution in [0.4, 0.5) is 0 Å². The van der Waals surface area contributed by atoms with Crippen molar-refractivity contribution in [1.29, 1.82) is 0 Å².